The molecular weight excluding hydrogens is 416 g/mol. The lowest BCUT2D eigenvalue weighted by atomic mass is 10.2. The Labute approximate surface area is 184 Å². The first-order chi connectivity index (χ1) is 14.8. The predicted molar refractivity (Wildman–Crippen MR) is 120 cm³/mol. The van der Waals surface area contributed by atoms with Crippen LogP contribution in [0.25, 0.3) is 16.7 Å². The van der Waals surface area contributed by atoms with Crippen molar-refractivity contribution in [3.05, 3.63) is 81.4 Å². The van der Waals surface area contributed by atoms with Crippen molar-refractivity contribution in [2.24, 2.45) is 0 Å². The van der Waals surface area contributed by atoms with Crippen molar-refractivity contribution in [1.82, 2.24) is 19.4 Å². The van der Waals surface area contributed by atoms with Crippen LogP contribution in [0.5, 0.6) is 0 Å². The molecule has 160 valence electrons. The highest BCUT2D eigenvalue weighted by atomic mass is 35.5. The molecule has 1 atom stereocenters. The smallest absolute Gasteiger partial charge is 0.263 e. The van der Waals surface area contributed by atoms with Gasteiger partial charge < -0.3 is 9.73 Å². The van der Waals surface area contributed by atoms with E-state index in [1.54, 1.807) is 18.4 Å². The Morgan fingerprint density at radius 1 is 1.23 bits per heavy atom. The fourth-order valence-electron chi connectivity index (χ4n) is 3.76. The van der Waals surface area contributed by atoms with E-state index >= 15 is 0 Å². The number of carbonyl (C=O) groups is 1. The molecule has 1 unspecified atom stereocenters. The quantitative estimate of drug-likeness (QED) is 0.496. The van der Waals surface area contributed by atoms with Gasteiger partial charge >= 0.3 is 0 Å². The van der Waals surface area contributed by atoms with Crippen LogP contribution in [0.15, 0.2) is 58.2 Å². The summed E-state index contributed by atoms with van der Waals surface area (Å²) in [6.07, 6.45) is 3.60. The number of aryl methyl sites for hydroxylation is 1. The fraction of sp³-hybridized carbons (Fsp3) is 0.261. The molecule has 0 saturated carbocycles. The van der Waals surface area contributed by atoms with E-state index in [1.165, 1.54) is 10.9 Å². The SMILES string of the molecule is Cc1c(C)n(-c2ccc(Cl)cc2)c2ncn(CC(=O)NC(C)Cc3ccco3)c(=O)c12. The molecule has 1 N–H and O–H groups in total. The number of aromatic nitrogens is 3. The Hall–Kier alpha value is -3.32. The van der Waals surface area contributed by atoms with E-state index in [9.17, 15) is 9.59 Å². The van der Waals surface area contributed by atoms with E-state index in [0.717, 1.165) is 22.7 Å². The molecule has 0 saturated heterocycles. The molecule has 0 fully saturated rings. The molecule has 4 rings (SSSR count). The Bertz CT molecular complexity index is 1290. The van der Waals surface area contributed by atoms with Crippen molar-refractivity contribution in [1.29, 1.82) is 0 Å². The zero-order valence-corrected chi connectivity index (χ0v) is 18.3. The number of hydrogen-bond donors (Lipinski definition) is 1. The first-order valence-electron chi connectivity index (χ1n) is 10.00. The van der Waals surface area contributed by atoms with Gasteiger partial charge in [0.2, 0.25) is 5.91 Å². The van der Waals surface area contributed by atoms with Crippen molar-refractivity contribution < 1.29 is 9.21 Å². The molecule has 8 heteroatoms. The summed E-state index contributed by atoms with van der Waals surface area (Å²) in [5.41, 5.74) is 2.94. The summed E-state index contributed by atoms with van der Waals surface area (Å²) in [5.74, 6) is 0.538. The third-order valence-electron chi connectivity index (χ3n) is 5.38. The van der Waals surface area contributed by atoms with E-state index in [4.69, 9.17) is 16.0 Å². The first-order valence-corrected chi connectivity index (χ1v) is 10.4. The highest BCUT2D eigenvalue weighted by Crippen LogP contribution is 2.25. The number of fused-ring (bicyclic) bond motifs is 1. The topological polar surface area (TPSA) is 82.1 Å². The second kappa shape index (κ2) is 8.43. The van der Waals surface area contributed by atoms with Gasteiger partial charge in [-0.1, -0.05) is 11.6 Å². The van der Waals surface area contributed by atoms with Gasteiger partial charge in [-0.15, -0.1) is 0 Å². The lowest BCUT2D eigenvalue weighted by molar-refractivity contribution is -0.122. The average molecular weight is 439 g/mol. The highest BCUT2D eigenvalue weighted by Gasteiger charge is 2.19. The maximum absolute atomic E-state index is 13.2. The molecule has 7 nitrogen and oxygen atoms in total. The number of halogens is 1. The summed E-state index contributed by atoms with van der Waals surface area (Å²) < 4.78 is 8.59. The molecule has 0 radical (unpaired) electrons. The number of furan rings is 1. The van der Waals surface area contributed by atoms with Crippen LogP contribution in [-0.4, -0.2) is 26.1 Å². The summed E-state index contributed by atoms with van der Waals surface area (Å²) in [6.45, 7) is 5.63. The molecule has 0 bridgehead atoms. The van der Waals surface area contributed by atoms with E-state index in [2.05, 4.69) is 10.3 Å². The van der Waals surface area contributed by atoms with Gasteiger partial charge in [0.15, 0.2) is 5.65 Å². The van der Waals surface area contributed by atoms with E-state index < -0.39 is 0 Å². The lowest BCUT2D eigenvalue weighted by Gasteiger charge is -2.13. The van der Waals surface area contributed by atoms with Crippen molar-refractivity contribution in [2.75, 3.05) is 0 Å². The normalized spacial score (nSPS) is 12.3. The van der Waals surface area contributed by atoms with Gasteiger partial charge in [-0.05, 0) is 62.7 Å². The van der Waals surface area contributed by atoms with Gasteiger partial charge in [0, 0.05) is 28.9 Å². The lowest BCUT2D eigenvalue weighted by Crippen LogP contribution is -2.38. The Morgan fingerprint density at radius 2 is 1.97 bits per heavy atom. The maximum Gasteiger partial charge on any atom is 0.263 e. The van der Waals surface area contributed by atoms with Gasteiger partial charge in [-0.25, -0.2) is 4.98 Å². The van der Waals surface area contributed by atoms with Crippen LogP contribution in [0.3, 0.4) is 0 Å². The summed E-state index contributed by atoms with van der Waals surface area (Å²) in [6, 6.07) is 10.9. The van der Waals surface area contributed by atoms with Crippen molar-refractivity contribution in [3.63, 3.8) is 0 Å². The van der Waals surface area contributed by atoms with E-state index in [0.29, 0.717) is 22.5 Å². The van der Waals surface area contributed by atoms with Gasteiger partial charge in [-0.3, -0.25) is 18.7 Å². The van der Waals surface area contributed by atoms with Crippen LogP contribution >= 0.6 is 11.6 Å². The van der Waals surface area contributed by atoms with E-state index in [1.807, 2.05) is 49.6 Å². The Morgan fingerprint density at radius 3 is 2.65 bits per heavy atom. The second-order valence-electron chi connectivity index (χ2n) is 7.65. The molecule has 1 aromatic carbocycles. The van der Waals surface area contributed by atoms with Crippen LogP contribution in [0.4, 0.5) is 0 Å². The zero-order valence-electron chi connectivity index (χ0n) is 17.6. The Balaban J connectivity index is 1.61. The molecule has 0 aliphatic heterocycles. The number of rotatable bonds is 6. The molecule has 3 heterocycles. The fourth-order valence-corrected chi connectivity index (χ4v) is 3.89. The van der Waals surface area contributed by atoms with Gasteiger partial charge in [0.1, 0.15) is 18.6 Å². The molecule has 31 heavy (non-hydrogen) atoms. The van der Waals surface area contributed by atoms with Crippen molar-refractivity contribution in [2.45, 2.75) is 39.8 Å². The number of hydrogen-bond acceptors (Lipinski definition) is 4. The number of benzene rings is 1. The van der Waals surface area contributed by atoms with Crippen LogP contribution in [0.2, 0.25) is 5.02 Å². The third kappa shape index (κ3) is 4.14. The Kier molecular flexibility index (Phi) is 5.69. The molecule has 4 aromatic rings. The molecule has 1 amide bonds. The molecule has 0 spiro atoms. The van der Waals surface area contributed by atoms with Crippen LogP contribution in [-0.2, 0) is 17.8 Å². The standard InChI is InChI=1S/C23H23ClN4O3/c1-14(11-19-5-4-10-31-19)26-20(29)12-27-13-25-22-21(23(27)30)15(2)16(3)28(22)18-8-6-17(24)7-9-18/h4-10,13-14H,11-12H2,1-3H3,(H,26,29). The number of carbonyl (C=O) groups excluding carboxylic acids is 1. The summed E-state index contributed by atoms with van der Waals surface area (Å²) in [4.78, 5) is 30.2. The molecular formula is C23H23ClN4O3. The highest BCUT2D eigenvalue weighted by molar-refractivity contribution is 6.30. The third-order valence-corrected chi connectivity index (χ3v) is 5.63. The average Bonchev–Trinajstić information content (AvgIpc) is 3.32. The van der Waals surface area contributed by atoms with Gasteiger partial charge in [0.05, 0.1) is 11.6 Å². The molecule has 0 aliphatic rings. The first kappa shape index (κ1) is 20.9. The van der Waals surface area contributed by atoms with Crippen LogP contribution in [0.1, 0.15) is 23.9 Å². The minimum absolute atomic E-state index is 0.102. The number of nitrogens with one attached hydrogen (secondary N) is 1. The summed E-state index contributed by atoms with van der Waals surface area (Å²) in [5, 5.41) is 4.04. The van der Waals surface area contributed by atoms with Gasteiger partial charge in [-0.2, -0.15) is 0 Å². The minimum atomic E-state index is -0.256. The van der Waals surface area contributed by atoms with Crippen LogP contribution < -0.4 is 10.9 Å². The van der Waals surface area contributed by atoms with Crippen molar-refractivity contribution in [3.8, 4) is 5.69 Å². The van der Waals surface area contributed by atoms with E-state index in [-0.39, 0.29) is 24.1 Å². The number of amides is 1. The van der Waals surface area contributed by atoms with Gasteiger partial charge in [0.25, 0.3) is 5.56 Å². The van der Waals surface area contributed by atoms with Crippen molar-refractivity contribution >= 4 is 28.5 Å². The second-order valence-corrected chi connectivity index (χ2v) is 8.09. The van der Waals surface area contributed by atoms with Crippen LogP contribution in [0, 0.1) is 13.8 Å². The predicted octanol–water partition coefficient (Wildman–Crippen LogP) is 3.80. The monoisotopic (exact) mass is 438 g/mol. The summed E-state index contributed by atoms with van der Waals surface area (Å²) in [7, 11) is 0. The summed E-state index contributed by atoms with van der Waals surface area (Å²) >= 11 is 6.01. The maximum atomic E-state index is 13.2. The number of nitrogens with zero attached hydrogens (tertiary/aromatic N) is 3. The largest absolute Gasteiger partial charge is 0.469 e. The molecule has 3 aromatic heterocycles. The minimum Gasteiger partial charge on any atom is -0.469 e. The molecule has 0 aliphatic carbocycles. The zero-order chi connectivity index (χ0) is 22.1.